The number of amides is 1. The molecular formula is C21H18N4O5. The zero-order chi connectivity index (χ0) is 22.2. The number of carboxylic acids is 1. The van der Waals surface area contributed by atoms with Crippen LogP contribution in [0.3, 0.4) is 0 Å². The number of aromatic nitrogens is 1. The first kappa shape index (κ1) is 20.5. The van der Waals surface area contributed by atoms with Gasteiger partial charge in [-0.05, 0) is 44.5 Å². The number of rotatable bonds is 4. The molecule has 3 rings (SSSR count). The molecule has 0 saturated heterocycles. The zero-order valence-electron chi connectivity index (χ0n) is 16.5. The molecule has 152 valence electrons. The number of pyridine rings is 1. The predicted octanol–water partition coefficient (Wildman–Crippen LogP) is 1.93. The molecule has 0 spiro atoms. The smallest absolute Gasteiger partial charge is 0.323 e. The molecule has 0 atom stereocenters. The number of nitriles is 1. The number of carboxylic acid groups (broad SMARTS) is 1. The van der Waals surface area contributed by atoms with Gasteiger partial charge in [0.15, 0.2) is 0 Å². The third kappa shape index (κ3) is 3.46. The van der Waals surface area contributed by atoms with Crippen molar-refractivity contribution in [2.24, 2.45) is 5.10 Å². The Labute approximate surface area is 171 Å². The Morgan fingerprint density at radius 1 is 1.20 bits per heavy atom. The van der Waals surface area contributed by atoms with E-state index in [1.165, 1.54) is 18.0 Å². The van der Waals surface area contributed by atoms with E-state index in [9.17, 15) is 24.8 Å². The summed E-state index contributed by atoms with van der Waals surface area (Å²) in [5.74, 6) is -2.45. The van der Waals surface area contributed by atoms with Gasteiger partial charge in [-0.2, -0.15) is 15.4 Å². The molecule has 1 aliphatic heterocycles. The van der Waals surface area contributed by atoms with Gasteiger partial charge in [0.1, 0.15) is 18.2 Å². The second kappa shape index (κ2) is 7.67. The second-order valence-electron chi connectivity index (χ2n) is 6.83. The largest absolute Gasteiger partial charge is 0.494 e. The minimum atomic E-state index is -1.36. The summed E-state index contributed by atoms with van der Waals surface area (Å²) in [4.78, 5) is 36.4. The van der Waals surface area contributed by atoms with Crippen molar-refractivity contribution in [2.75, 3.05) is 5.01 Å². The monoisotopic (exact) mass is 406 g/mol. The van der Waals surface area contributed by atoms with E-state index in [0.29, 0.717) is 16.0 Å². The Morgan fingerprint density at radius 2 is 1.83 bits per heavy atom. The number of nitrogens with zero attached hydrogens (tertiary/aromatic N) is 4. The lowest BCUT2D eigenvalue weighted by molar-refractivity contribution is -0.137. The van der Waals surface area contributed by atoms with Crippen LogP contribution in [0.2, 0.25) is 0 Å². The van der Waals surface area contributed by atoms with Crippen LogP contribution in [0.1, 0.15) is 29.2 Å². The van der Waals surface area contributed by atoms with E-state index >= 15 is 0 Å². The van der Waals surface area contributed by atoms with Gasteiger partial charge in [-0.25, -0.2) is 0 Å². The van der Waals surface area contributed by atoms with Crippen molar-refractivity contribution < 1.29 is 19.8 Å². The van der Waals surface area contributed by atoms with Crippen molar-refractivity contribution >= 4 is 29.4 Å². The summed E-state index contributed by atoms with van der Waals surface area (Å²) in [7, 11) is 0. The van der Waals surface area contributed by atoms with Crippen LogP contribution in [-0.2, 0) is 16.1 Å². The number of benzene rings is 1. The average molecular weight is 406 g/mol. The number of anilines is 1. The van der Waals surface area contributed by atoms with Crippen LogP contribution < -0.4 is 10.6 Å². The van der Waals surface area contributed by atoms with Gasteiger partial charge in [-0.1, -0.05) is 17.7 Å². The minimum Gasteiger partial charge on any atom is -0.494 e. The van der Waals surface area contributed by atoms with Crippen molar-refractivity contribution in [2.45, 2.75) is 27.3 Å². The van der Waals surface area contributed by atoms with E-state index in [-0.39, 0.29) is 22.3 Å². The van der Waals surface area contributed by atoms with Gasteiger partial charge < -0.3 is 10.2 Å². The Kier molecular flexibility index (Phi) is 5.26. The highest BCUT2D eigenvalue weighted by Crippen LogP contribution is 2.29. The van der Waals surface area contributed by atoms with Crippen LogP contribution in [0.25, 0.3) is 6.08 Å². The van der Waals surface area contributed by atoms with Crippen LogP contribution >= 0.6 is 0 Å². The summed E-state index contributed by atoms with van der Waals surface area (Å²) in [6.07, 6.45) is 1.32. The van der Waals surface area contributed by atoms with Gasteiger partial charge in [0, 0.05) is 5.56 Å². The summed E-state index contributed by atoms with van der Waals surface area (Å²) in [6.45, 7) is 4.15. The molecule has 0 aliphatic carbocycles. The van der Waals surface area contributed by atoms with Gasteiger partial charge in [0.2, 0.25) is 5.88 Å². The van der Waals surface area contributed by atoms with Crippen molar-refractivity contribution in [3.8, 4) is 11.9 Å². The molecule has 0 bridgehead atoms. The number of carbonyl (C=O) groups is 2. The number of hydrogen-bond acceptors (Lipinski definition) is 6. The molecule has 2 heterocycles. The number of aliphatic carboxylic acids is 1. The number of hydrazone groups is 1. The van der Waals surface area contributed by atoms with Gasteiger partial charge in [-0.3, -0.25) is 19.0 Å². The third-order valence-corrected chi connectivity index (χ3v) is 4.77. The molecule has 1 aliphatic rings. The standard InChI is InChI=1S/C21H18N4O5/c1-11-4-6-14(7-5-11)25-21(30)16(13(3)23-25)8-15-12(2)17(9-22)20(29)24(19(15)28)10-18(26)27/h4-8,28H,10H2,1-3H3,(H,26,27)/b16-8-. The first-order valence-corrected chi connectivity index (χ1v) is 8.92. The third-order valence-electron chi connectivity index (χ3n) is 4.77. The molecule has 1 aromatic carbocycles. The molecule has 0 radical (unpaired) electrons. The molecule has 1 aromatic heterocycles. The highest BCUT2D eigenvalue weighted by Gasteiger charge is 2.30. The van der Waals surface area contributed by atoms with Crippen LogP contribution in [0.4, 0.5) is 5.69 Å². The SMILES string of the molecule is CC1=NN(c2ccc(C)cc2)C(=O)/C1=C\c1c(C)c(C#N)c(=O)n(CC(=O)O)c1O. The lowest BCUT2D eigenvalue weighted by Crippen LogP contribution is -2.28. The predicted molar refractivity (Wildman–Crippen MR) is 109 cm³/mol. The lowest BCUT2D eigenvalue weighted by Gasteiger charge is -2.14. The quantitative estimate of drug-likeness (QED) is 0.745. The van der Waals surface area contributed by atoms with Crippen LogP contribution in [-0.4, -0.2) is 32.4 Å². The molecule has 9 heteroatoms. The van der Waals surface area contributed by atoms with E-state index in [0.717, 1.165) is 5.56 Å². The van der Waals surface area contributed by atoms with E-state index in [1.807, 2.05) is 19.1 Å². The van der Waals surface area contributed by atoms with Gasteiger partial charge in [0.05, 0.1) is 17.0 Å². The van der Waals surface area contributed by atoms with Crippen LogP contribution in [0, 0.1) is 25.2 Å². The minimum absolute atomic E-state index is 0.0102. The summed E-state index contributed by atoms with van der Waals surface area (Å²) >= 11 is 0. The first-order chi connectivity index (χ1) is 14.1. The van der Waals surface area contributed by atoms with Gasteiger partial charge in [-0.15, -0.1) is 0 Å². The molecule has 0 fully saturated rings. The molecule has 0 unspecified atom stereocenters. The Bertz CT molecular complexity index is 1230. The highest BCUT2D eigenvalue weighted by atomic mass is 16.4. The summed E-state index contributed by atoms with van der Waals surface area (Å²) in [5, 5.41) is 34.4. The topological polar surface area (TPSA) is 136 Å². The summed E-state index contributed by atoms with van der Waals surface area (Å²) in [6, 6.07) is 8.91. The van der Waals surface area contributed by atoms with E-state index in [2.05, 4.69) is 5.10 Å². The summed E-state index contributed by atoms with van der Waals surface area (Å²) < 4.78 is 0.587. The molecule has 9 nitrogen and oxygen atoms in total. The zero-order valence-corrected chi connectivity index (χ0v) is 16.5. The van der Waals surface area contributed by atoms with Crippen molar-refractivity contribution in [1.29, 1.82) is 5.26 Å². The van der Waals surface area contributed by atoms with E-state index < -0.39 is 29.9 Å². The second-order valence-corrected chi connectivity index (χ2v) is 6.83. The van der Waals surface area contributed by atoms with Gasteiger partial charge in [0.25, 0.3) is 11.5 Å². The van der Waals surface area contributed by atoms with Crippen molar-refractivity contribution in [3.05, 3.63) is 62.4 Å². The Balaban J connectivity index is 2.15. The molecule has 2 aromatic rings. The summed E-state index contributed by atoms with van der Waals surface area (Å²) in [5.41, 5.74) is 1.03. The van der Waals surface area contributed by atoms with Crippen LogP contribution in [0.5, 0.6) is 5.88 Å². The average Bonchev–Trinajstić information content (AvgIpc) is 2.97. The molecule has 30 heavy (non-hydrogen) atoms. The first-order valence-electron chi connectivity index (χ1n) is 8.92. The number of aromatic hydroxyl groups is 1. The highest BCUT2D eigenvalue weighted by molar-refractivity contribution is 6.32. The van der Waals surface area contributed by atoms with E-state index in [1.54, 1.807) is 25.1 Å². The maximum Gasteiger partial charge on any atom is 0.323 e. The number of aryl methyl sites for hydroxylation is 1. The fourth-order valence-corrected chi connectivity index (χ4v) is 3.12. The van der Waals surface area contributed by atoms with E-state index in [4.69, 9.17) is 5.11 Å². The maximum absolute atomic E-state index is 12.9. The fraction of sp³-hybridized carbons (Fsp3) is 0.190. The lowest BCUT2D eigenvalue weighted by atomic mass is 10.0. The molecule has 1 amide bonds. The van der Waals surface area contributed by atoms with Crippen LogP contribution in [0.15, 0.2) is 39.7 Å². The van der Waals surface area contributed by atoms with Crippen molar-refractivity contribution in [3.63, 3.8) is 0 Å². The van der Waals surface area contributed by atoms with Gasteiger partial charge >= 0.3 is 5.97 Å². The number of hydrogen-bond donors (Lipinski definition) is 2. The Hall–Kier alpha value is -4.19. The number of carbonyl (C=O) groups excluding carboxylic acids is 1. The fourth-order valence-electron chi connectivity index (χ4n) is 3.12. The normalized spacial score (nSPS) is 14.7. The maximum atomic E-state index is 12.9. The molecular weight excluding hydrogens is 388 g/mol. The van der Waals surface area contributed by atoms with Crippen molar-refractivity contribution in [1.82, 2.24) is 4.57 Å². The Morgan fingerprint density at radius 3 is 2.40 bits per heavy atom. The molecule has 2 N–H and O–H groups in total. The molecule has 0 saturated carbocycles.